The van der Waals surface area contributed by atoms with Gasteiger partial charge >= 0.3 is 6.01 Å². The van der Waals surface area contributed by atoms with Crippen molar-refractivity contribution in [2.75, 3.05) is 19.7 Å². The second kappa shape index (κ2) is 5.28. The molecule has 4 nitrogen and oxygen atoms in total. The average molecular weight is 228 g/mol. The fourth-order valence-corrected chi connectivity index (χ4v) is 1.78. The molecule has 1 saturated heterocycles. The van der Waals surface area contributed by atoms with Crippen LogP contribution < -0.4 is 10.1 Å². The van der Waals surface area contributed by atoms with E-state index < -0.39 is 0 Å². The van der Waals surface area contributed by atoms with E-state index in [1.54, 1.807) is 12.3 Å². The normalized spacial score (nSPS) is 21.3. The van der Waals surface area contributed by atoms with Crippen molar-refractivity contribution in [1.29, 1.82) is 0 Å². The van der Waals surface area contributed by atoms with Gasteiger partial charge in [-0.25, -0.2) is 4.98 Å². The molecule has 1 aromatic heterocycles. The highest BCUT2D eigenvalue weighted by Crippen LogP contribution is 2.13. The summed E-state index contributed by atoms with van der Waals surface area (Å²) in [4.78, 5) is 7.96. The SMILES string of the molecule is Clc1ccnc(OC[C@@H]2CCCNC2)n1. The molecule has 0 aromatic carbocycles. The molecule has 1 atom stereocenters. The summed E-state index contributed by atoms with van der Waals surface area (Å²) in [5.41, 5.74) is 0. The first-order valence-corrected chi connectivity index (χ1v) is 5.54. The van der Waals surface area contributed by atoms with Gasteiger partial charge in [0.05, 0.1) is 6.61 Å². The first-order valence-electron chi connectivity index (χ1n) is 5.16. The van der Waals surface area contributed by atoms with Gasteiger partial charge in [0.25, 0.3) is 0 Å². The Hall–Kier alpha value is -0.870. The van der Waals surface area contributed by atoms with E-state index in [0.29, 0.717) is 23.7 Å². The highest BCUT2D eigenvalue weighted by Gasteiger charge is 2.13. The van der Waals surface area contributed by atoms with E-state index in [2.05, 4.69) is 15.3 Å². The van der Waals surface area contributed by atoms with Gasteiger partial charge in [0.1, 0.15) is 5.15 Å². The Morgan fingerprint density at radius 3 is 3.27 bits per heavy atom. The number of rotatable bonds is 3. The van der Waals surface area contributed by atoms with Crippen molar-refractivity contribution in [3.63, 3.8) is 0 Å². The Labute approximate surface area is 94.0 Å². The second-order valence-electron chi connectivity index (χ2n) is 3.69. The van der Waals surface area contributed by atoms with E-state index in [4.69, 9.17) is 16.3 Å². The van der Waals surface area contributed by atoms with Crippen LogP contribution in [0.1, 0.15) is 12.8 Å². The predicted octanol–water partition coefficient (Wildman–Crippen LogP) is 1.51. The van der Waals surface area contributed by atoms with E-state index in [-0.39, 0.29) is 0 Å². The summed E-state index contributed by atoms with van der Waals surface area (Å²) in [6.45, 7) is 2.79. The van der Waals surface area contributed by atoms with E-state index in [0.717, 1.165) is 13.1 Å². The average Bonchev–Trinajstić information content (AvgIpc) is 2.28. The van der Waals surface area contributed by atoms with Crippen molar-refractivity contribution in [3.05, 3.63) is 17.4 Å². The van der Waals surface area contributed by atoms with Gasteiger partial charge in [-0.15, -0.1) is 0 Å². The zero-order chi connectivity index (χ0) is 10.5. The number of hydrogen-bond acceptors (Lipinski definition) is 4. The smallest absolute Gasteiger partial charge is 0.317 e. The molecule has 0 spiro atoms. The highest BCUT2D eigenvalue weighted by molar-refractivity contribution is 6.29. The van der Waals surface area contributed by atoms with Crippen LogP contribution in [0.4, 0.5) is 0 Å². The van der Waals surface area contributed by atoms with Crippen LogP contribution in [-0.4, -0.2) is 29.7 Å². The van der Waals surface area contributed by atoms with Crippen LogP contribution in [0, 0.1) is 5.92 Å². The number of ether oxygens (including phenoxy) is 1. The number of halogens is 1. The molecule has 0 bridgehead atoms. The molecule has 15 heavy (non-hydrogen) atoms. The van der Waals surface area contributed by atoms with Gasteiger partial charge in [-0.3, -0.25) is 0 Å². The van der Waals surface area contributed by atoms with Crippen molar-refractivity contribution in [2.45, 2.75) is 12.8 Å². The van der Waals surface area contributed by atoms with Crippen molar-refractivity contribution in [2.24, 2.45) is 5.92 Å². The molecule has 1 N–H and O–H groups in total. The topological polar surface area (TPSA) is 47.0 Å². The Bertz CT molecular complexity index is 315. The summed E-state index contributed by atoms with van der Waals surface area (Å²) >= 11 is 5.72. The molecule has 0 amide bonds. The highest BCUT2D eigenvalue weighted by atomic mass is 35.5. The van der Waals surface area contributed by atoms with Crippen molar-refractivity contribution in [3.8, 4) is 6.01 Å². The quantitative estimate of drug-likeness (QED) is 0.796. The van der Waals surface area contributed by atoms with E-state index in [1.165, 1.54) is 12.8 Å². The molecule has 1 aliphatic heterocycles. The Morgan fingerprint density at radius 1 is 1.60 bits per heavy atom. The summed E-state index contributed by atoms with van der Waals surface area (Å²) in [6, 6.07) is 2.00. The van der Waals surface area contributed by atoms with E-state index in [1.807, 2.05) is 0 Å². The molecule has 2 rings (SSSR count). The van der Waals surface area contributed by atoms with Gasteiger partial charge in [-0.1, -0.05) is 11.6 Å². The zero-order valence-electron chi connectivity index (χ0n) is 8.45. The summed E-state index contributed by atoms with van der Waals surface area (Å²) in [5.74, 6) is 0.557. The Morgan fingerprint density at radius 2 is 2.53 bits per heavy atom. The molecule has 0 unspecified atom stereocenters. The Kier molecular flexibility index (Phi) is 3.75. The molecule has 1 fully saturated rings. The standard InChI is InChI=1S/C10H14ClN3O/c11-9-3-5-13-10(14-9)15-7-8-2-1-4-12-6-8/h3,5,8,12H,1-2,4,6-7H2/t8-/m1/s1. The largest absolute Gasteiger partial charge is 0.463 e. The lowest BCUT2D eigenvalue weighted by molar-refractivity contribution is 0.205. The maximum atomic E-state index is 5.72. The predicted molar refractivity (Wildman–Crippen MR) is 58.1 cm³/mol. The van der Waals surface area contributed by atoms with Crippen molar-refractivity contribution < 1.29 is 4.74 Å². The fraction of sp³-hybridized carbons (Fsp3) is 0.600. The molecule has 82 valence electrons. The van der Waals surface area contributed by atoms with Crippen LogP contribution in [0.5, 0.6) is 6.01 Å². The minimum Gasteiger partial charge on any atom is -0.463 e. The third-order valence-electron chi connectivity index (χ3n) is 2.45. The van der Waals surface area contributed by atoms with Crippen LogP contribution in [0.2, 0.25) is 5.15 Å². The van der Waals surface area contributed by atoms with Gasteiger partial charge in [-0.05, 0) is 25.5 Å². The molecule has 2 heterocycles. The molecule has 1 aliphatic rings. The van der Waals surface area contributed by atoms with Gasteiger partial charge in [0.2, 0.25) is 0 Å². The van der Waals surface area contributed by atoms with Crippen LogP contribution in [0.25, 0.3) is 0 Å². The van der Waals surface area contributed by atoms with Crippen LogP contribution in [0.15, 0.2) is 12.3 Å². The first kappa shape index (κ1) is 10.6. The third kappa shape index (κ3) is 3.32. The zero-order valence-corrected chi connectivity index (χ0v) is 9.20. The summed E-state index contributed by atoms with van der Waals surface area (Å²) < 4.78 is 5.48. The van der Waals surface area contributed by atoms with Gasteiger partial charge < -0.3 is 10.1 Å². The molecule has 0 radical (unpaired) electrons. The van der Waals surface area contributed by atoms with E-state index >= 15 is 0 Å². The number of hydrogen-bond donors (Lipinski definition) is 1. The lowest BCUT2D eigenvalue weighted by Gasteiger charge is -2.22. The molecule has 1 aromatic rings. The van der Waals surface area contributed by atoms with Crippen molar-refractivity contribution in [1.82, 2.24) is 15.3 Å². The summed E-state index contributed by atoms with van der Waals surface area (Å²) in [6.07, 6.45) is 4.02. The minimum atomic E-state index is 0.369. The molecular formula is C10H14ClN3O. The van der Waals surface area contributed by atoms with E-state index in [9.17, 15) is 0 Å². The lowest BCUT2D eigenvalue weighted by Crippen LogP contribution is -2.33. The number of nitrogens with one attached hydrogen (secondary N) is 1. The van der Waals surface area contributed by atoms with Gasteiger partial charge in [-0.2, -0.15) is 4.98 Å². The number of nitrogens with zero attached hydrogens (tertiary/aromatic N) is 2. The molecule has 0 saturated carbocycles. The first-order chi connectivity index (χ1) is 7.34. The number of piperidine rings is 1. The maximum absolute atomic E-state index is 5.72. The Balaban J connectivity index is 1.81. The lowest BCUT2D eigenvalue weighted by atomic mass is 10.0. The molecule has 0 aliphatic carbocycles. The van der Waals surface area contributed by atoms with Crippen LogP contribution in [-0.2, 0) is 0 Å². The van der Waals surface area contributed by atoms with Gasteiger partial charge in [0, 0.05) is 18.7 Å². The van der Waals surface area contributed by atoms with Crippen LogP contribution in [0.3, 0.4) is 0 Å². The number of aromatic nitrogens is 2. The van der Waals surface area contributed by atoms with Gasteiger partial charge in [0.15, 0.2) is 0 Å². The summed E-state index contributed by atoms with van der Waals surface area (Å²) in [7, 11) is 0. The summed E-state index contributed by atoms with van der Waals surface area (Å²) in [5, 5.41) is 3.75. The molecule has 5 heteroatoms. The second-order valence-corrected chi connectivity index (χ2v) is 4.07. The van der Waals surface area contributed by atoms with Crippen molar-refractivity contribution >= 4 is 11.6 Å². The minimum absolute atomic E-state index is 0.369. The maximum Gasteiger partial charge on any atom is 0.317 e. The van der Waals surface area contributed by atoms with Crippen LogP contribution >= 0.6 is 11.6 Å². The fourth-order valence-electron chi connectivity index (χ4n) is 1.65. The third-order valence-corrected chi connectivity index (χ3v) is 2.66. The monoisotopic (exact) mass is 227 g/mol. The molecular weight excluding hydrogens is 214 g/mol.